The van der Waals surface area contributed by atoms with Crippen molar-refractivity contribution in [2.24, 2.45) is 0 Å². The molecule has 0 spiro atoms. The fourth-order valence-electron chi connectivity index (χ4n) is 1.98. The van der Waals surface area contributed by atoms with Crippen LogP contribution < -0.4 is 5.73 Å². The van der Waals surface area contributed by atoms with Gasteiger partial charge >= 0.3 is 0 Å². The lowest BCUT2D eigenvalue weighted by molar-refractivity contribution is 0.479. The van der Waals surface area contributed by atoms with Crippen molar-refractivity contribution in [3.8, 4) is 28.0 Å². The van der Waals surface area contributed by atoms with Crippen LogP contribution in [0.1, 0.15) is 0 Å². The second-order valence-electron chi connectivity index (χ2n) is 3.47. The van der Waals surface area contributed by atoms with Crippen LogP contribution in [0, 0.1) is 0 Å². The molecule has 3 rings (SSSR count). The van der Waals surface area contributed by atoms with Gasteiger partial charge in [0.05, 0.1) is 5.69 Å². The third-order valence-corrected chi connectivity index (χ3v) is 2.70. The topological polar surface area (TPSA) is 46.2 Å². The summed E-state index contributed by atoms with van der Waals surface area (Å²) in [6.45, 7) is 0. The highest BCUT2D eigenvalue weighted by molar-refractivity contribution is 6.06. The Hall–Kier alpha value is -1.96. The van der Waals surface area contributed by atoms with E-state index in [1.807, 2.05) is 30.3 Å². The molecule has 3 N–H and O–H groups in total. The minimum Gasteiger partial charge on any atom is -0.505 e. The zero-order valence-corrected chi connectivity index (χ0v) is 7.49. The molecule has 0 saturated heterocycles. The van der Waals surface area contributed by atoms with Gasteiger partial charge in [-0.25, -0.2) is 0 Å². The van der Waals surface area contributed by atoms with Crippen LogP contribution in [0.15, 0.2) is 36.4 Å². The van der Waals surface area contributed by atoms with E-state index in [0.717, 1.165) is 16.7 Å². The van der Waals surface area contributed by atoms with E-state index in [1.165, 1.54) is 5.56 Å². The molecule has 0 bridgehead atoms. The Morgan fingerprint density at radius 1 is 0.857 bits per heavy atom. The normalized spacial score (nSPS) is 11.4. The highest BCUT2D eigenvalue weighted by Crippen LogP contribution is 2.52. The van der Waals surface area contributed by atoms with Gasteiger partial charge in [-0.05, 0) is 22.8 Å². The van der Waals surface area contributed by atoms with E-state index >= 15 is 0 Å². The number of phenolic OH excluding ortho intramolecular Hbond substituents is 1. The van der Waals surface area contributed by atoms with Gasteiger partial charge in [0.25, 0.3) is 0 Å². The predicted octanol–water partition coefficient (Wildman–Crippen LogP) is 2.62. The summed E-state index contributed by atoms with van der Waals surface area (Å²) in [4.78, 5) is 0. The maximum atomic E-state index is 9.76. The number of phenols is 1. The molecular weight excluding hydrogens is 174 g/mol. The van der Waals surface area contributed by atoms with Gasteiger partial charge in [0.2, 0.25) is 0 Å². The maximum Gasteiger partial charge on any atom is 0.146 e. The summed E-state index contributed by atoms with van der Waals surface area (Å²) in [5, 5.41) is 9.76. The molecule has 2 nitrogen and oxygen atoms in total. The Bertz CT molecular complexity index is 532. The van der Waals surface area contributed by atoms with Gasteiger partial charge in [0.1, 0.15) is 5.75 Å². The molecule has 0 amide bonds. The van der Waals surface area contributed by atoms with Crippen LogP contribution in [0.2, 0.25) is 0 Å². The molecule has 0 fully saturated rings. The first-order chi connectivity index (χ1) is 6.79. The van der Waals surface area contributed by atoms with E-state index in [4.69, 9.17) is 5.73 Å². The van der Waals surface area contributed by atoms with Gasteiger partial charge in [0, 0.05) is 5.56 Å². The predicted molar refractivity (Wildman–Crippen MR) is 56.9 cm³/mol. The minimum absolute atomic E-state index is 0.209. The van der Waals surface area contributed by atoms with Crippen molar-refractivity contribution < 1.29 is 5.11 Å². The molecule has 68 valence electrons. The molecule has 1 aliphatic carbocycles. The van der Waals surface area contributed by atoms with Crippen LogP contribution in [-0.4, -0.2) is 5.11 Å². The molecule has 0 aliphatic heterocycles. The zero-order chi connectivity index (χ0) is 9.71. The van der Waals surface area contributed by atoms with Crippen molar-refractivity contribution in [3.63, 3.8) is 0 Å². The van der Waals surface area contributed by atoms with Crippen LogP contribution >= 0.6 is 0 Å². The van der Waals surface area contributed by atoms with Crippen LogP contribution in [0.25, 0.3) is 22.3 Å². The van der Waals surface area contributed by atoms with E-state index in [-0.39, 0.29) is 5.75 Å². The Kier molecular flexibility index (Phi) is 1.22. The number of anilines is 1. The van der Waals surface area contributed by atoms with Crippen molar-refractivity contribution >= 4 is 5.69 Å². The molecule has 2 aromatic rings. The van der Waals surface area contributed by atoms with Gasteiger partial charge in [0.15, 0.2) is 0 Å². The number of rotatable bonds is 0. The standard InChI is InChI=1S/C12H9NO/c13-10-6-5-9-7-3-1-2-4-8(7)11(9)12(10)14/h1-6,14H,13H2. The summed E-state index contributed by atoms with van der Waals surface area (Å²) in [6.07, 6.45) is 0. The average molecular weight is 183 g/mol. The van der Waals surface area contributed by atoms with Crippen LogP contribution in [0.4, 0.5) is 5.69 Å². The highest BCUT2D eigenvalue weighted by atomic mass is 16.3. The Morgan fingerprint density at radius 2 is 1.57 bits per heavy atom. The number of hydrogen-bond acceptors (Lipinski definition) is 2. The number of nitrogen functional groups attached to an aromatic ring is 1. The molecule has 2 heteroatoms. The van der Waals surface area contributed by atoms with Crippen molar-refractivity contribution in [2.45, 2.75) is 0 Å². The van der Waals surface area contributed by atoms with E-state index < -0.39 is 0 Å². The average Bonchev–Trinajstić information content (AvgIpc) is 2.18. The van der Waals surface area contributed by atoms with Gasteiger partial charge in [-0.1, -0.05) is 30.3 Å². The third-order valence-electron chi connectivity index (χ3n) is 2.70. The Labute approximate surface area is 81.6 Å². The summed E-state index contributed by atoms with van der Waals surface area (Å²) in [5.41, 5.74) is 10.3. The summed E-state index contributed by atoms with van der Waals surface area (Å²) < 4.78 is 0. The van der Waals surface area contributed by atoms with Crippen molar-refractivity contribution in [1.29, 1.82) is 0 Å². The monoisotopic (exact) mass is 183 g/mol. The number of fused-ring (bicyclic) bond motifs is 4. The van der Waals surface area contributed by atoms with Crippen LogP contribution in [-0.2, 0) is 0 Å². The minimum atomic E-state index is 0.209. The summed E-state index contributed by atoms with van der Waals surface area (Å²) >= 11 is 0. The van der Waals surface area contributed by atoms with Gasteiger partial charge in [-0.2, -0.15) is 0 Å². The molecule has 0 saturated carbocycles. The summed E-state index contributed by atoms with van der Waals surface area (Å²) in [6, 6.07) is 11.7. The third kappa shape index (κ3) is 0.708. The first-order valence-electron chi connectivity index (χ1n) is 4.50. The first kappa shape index (κ1) is 7.44. The van der Waals surface area contributed by atoms with Crippen LogP contribution in [0.3, 0.4) is 0 Å². The highest BCUT2D eigenvalue weighted by Gasteiger charge is 2.25. The zero-order valence-electron chi connectivity index (χ0n) is 7.49. The molecule has 0 unspecified atom stereocenters. The Balaban J connectivity index is 2.34. The smallest absolute Gasteiger partial charge is 0.146 e. The number of nitrogens with two attached hydrogens (primary N) is 1. The molecular formula is C12H9NO. The number of benzene rings is 2. The van der Waals surface area contributed by atoms with Crippen molar-refractivity contribution in [2.75, 3.05) is 5.73 Å². The van der Waals surface area contributed by atoms with E-state index in [0.29, 0.717) is 5.69 Å². The van der Waals surface area contributed by atoms with Crippen molar-refractivity contribution in [3.05, 3.63) is 36.4 Å². The second kappa shape index (κ2) is 2.29. The lowest BCUT2D eigenvalue weighted by Gasteiger charge is -2.25. The molecule has 2 aromatic carbocycles. The fraction of sp³-hybridized carbons (Fsp3) is 0. The second-order valence-corrected chi connectivity index (χ2v) is 3.47. The molecule has 1 aliphatic rings. The Morgan fingerprint density at radius 3 is 2.36 bits per heavy atom. The molecule has 0 aromatic heterocycles. The fourth-order valence-corrected chi connectivity index (χ4v) is 1.98. The molecule has 0 radical (unpaired) electrons. The van der Waals surface area contributed by atoms with Gasteiger partial charge in [-0.15, -0.1) is 0 Å². The molecule has 14 heavy (non-hydrogen) atoms. The van der Waals surface area contributed by atoms with Gasteiger partial charge < -0.3 is 10.8 Å². The number of aromatic hydroxyl groups is 1. The van der Waals surface area contributed by atoms with E-state index in [1.54, 1.807) is 6.07 Å². The van der Waals surface area contributed by atoms with E-state index in [9.17, 15) is 5.11 Å². The lowest BCUT2D eigenvalue weighted by atomic mass is 9.80. The maximum absolute atomic E-state index is 9.76. The molecule has 0 heterocycles. The summed E-state index contributed by atoms with van der Waals surface area (Å²) in [7, 11) is 0. The first-order valence-corrected chi connectivity index (χ1v) is 4.50. The summed E-state index contributed by atoms with van der Waals surface area (Å²) in [5.74, 6) is 0.209. The largest absolute Gasteiger partial charge is 0.505 e. The van der Waals surface area contributed by atoms with E-state index in [2.05, 4.69) is 0 Å². The van der Waals surface area contributed by atoms with Crippen LogP contribution in [0.5, 0.6) is 5.75 Å². The molecule has 0 atom stereocenters. The van der Waals surface area contributed by atoms with Gasteiger partial charge in [-0.3, -0.25) is 0 Å². The number of hydrogen-bond donors (Lipinski definition) is 2. The van der Waals surface area contributed by atoms with Crippen molar-refractivity contribution in [1.82, 2.24) is 0 Å². The lowest BCUT2D eigenvalue weighted by Crippen LogP contribution is -2.00. The quantitative estimate of drug-likeness (QED) is 0.415. The SMILES string of the molecule is Nc1ccc2c(c1O)-c1ccccc1-2.